The summed E-state index contributed by atoms with van der Waals surface area (Å²) < 4.78 is 29.8. The van der Waals surface area contributed by atoms with Crippen LogP contribution in [-0.4, -0.2) is 51.9 Å². The Labute approximate surface area is 141 Å². The Balaban J connectivity index is 1.99. The highest BCUT2D eigenvalue weighted by atomic mass is 32.2. The molecule has 0 spiro atoms. The van der Waals surface area contributed by atoms with Crippen molar-refractivity contribution in [3.63, 3.8) is 0 Å². The third-order valence-electron chi connectivity index (χ3n) is 3.90. The summed E-state index contributed by atoms with van der Waals surface area (Å²) in [4.78, 5) is 25.7. The highest BCUT2D eigenvalue weighted by Gasteiger charge is 2.27. The average Bonchev–Trinajstić information content (AvgIpc) is 3.08. The number of hydrogen-bond donors (Lipinski definition) is 1. The number of sulfonamides is 1. The number of carbonyl (C=O) groups is 2. The van der Waals surface area contributed by atoms with Crippen molar-refractivity contribution in [1.82, 2.24) is 9.62 Å². The number of benzene rings is 1. The molecule has 1 aromatic rings. The number of rotatable bonds is 6. The first kappa shape index (κ1) is 18.2. The largest absolute Gasteiger partial charge is 0.465 e. The third-order valence-corrected chi connectivity index (χ3v) is 4.90. The number of esters is 1. The van der Waals surface area contributed by atoms with Gasteiger partial charge in [-0.1, -0.05) is 12.6 Å². The van der Waals surface area contributed by atoms with Gasteiger partial charge in [-0.2, -0.15) is 0 Å². The first-order valence-corrected chi connectivity index (χ1v) is 9.00. The molecule has 8 heteroatoms. The van der Waals surface area contributed by atoms with Gasteiger partial charge in [0.05, 0.1) is 12.7 Å². The SMILES string of the molecule is C=CS(=O)(=O)NCC1CCN(C(=O)c2cccc(C(=O)OC)c2)C1. The van der Waals surface area contributed by atoms with Crippen LogP contribution in [0.5, 0.6) is 0 Å². The normalized spacial score (nSPS) is 17.5. The highest BCUT2D eigenvalue weighted by molar-refractivity contribution is 7.92. The van der Waals surface area contributed by atoms with Crippen LogP contribution in [0.2, 0.25) is 0 Å². The molecular weight excluding hydrogens is 332 g/mol. The summed E-state index contributed by atoms with van der Waals surface area (Å²) in [5.74, 6) is -0.634. The fourth-order valence-electron chi connectivity index (χ4n) is 2.56. The van der Waals surface area contributed by atoms with Gasteiger partial charge in [-0.05, 0) is 30.5 Å². The smallest absolute Gasteiger partial charge is 0.337 e. The predicted octanol–water partition coefficient (Wildman–Crippen LogP) is 0.998. The molecule has 1 saturated heterocycles. The molecule has 1 aliphatic rings. The number of nitrogens with one attached hydrogen (secondary N) is 1. The number of carbonyl (C=O) groups excluding carboxylic acids is 2. The van der Waals surface area contributed by atoms with E-state index in [1.807, 2.05) is 0 Å². The van der Waals surface area contributed by atoms with Gasteiger partial charge < -0.3 is 9.64 Å². The molecule has 1 N–H and O–H groups in total. The van der Waals surface area contributed by atoms with Crippen LogP contribution in [0.3, 0.4) is 0 Å². The molecule has 0 aliphatic carbocycles. The van der Waals surface area contributed by atoms with Gasteiger partial charge in [-0.3, -0.25) is 4.79 Å². The van der Waals surface area contributed by atoms with E-state index in [0.29, 0.717) is 30.6 Å². The molecule has 0 aromatic heterocycles. The summed E-state index contributed by atoms with van der Waals surface area (Å²) in [5, 5.41) is 0.864. The minimum absolute atomic E-state index is 0.0486. The van der Waals surface area contributed by atoms with Crippen LogP contribution in [0.4, 0.5) is 0 Å². The van der Waals surface area contributed by atoms with Gasteiger partial charge in [0.1, 0.15) is 0 Å². The van der Waals surface area contributed by atoms with Crippen molar-refractivity contribution in [1.29, 1.82) is 0 Å². The maximum Gasteiger partial charge on any atom is 0.337 e. The van der Waals surface area contributed by atoms with Crippen molar-refractivity contribution in [2.45, 2.75) is 6.42 Å². The molecule has 1 atom stereocenters. The van der Waals surface area contributed by atoms with Crippen molar-refractivity contribution in [2.75, 3.05) is 26.7 Å². The van der Waals surface area contributed by atoms with E-state index in [4.69, 9.17) is 0 Å². The Hall–Kier alpha value is -2.19. The van der Waals surface area contributed by atoms with Crippen LogP contribution in [0.1, 0.15) is 27.1 Å². The second kappa shape index (κ2) is 7.59. The lowest BCUT2D eigenvalue weighted by atomic mass is 10.1. The summed E-state index contributed by atoms with van der Waals surface area (Å²) >= 11 is 0. The molecule has 0 bridgehead atoms. The summed E-state index contributed by atoms with van der Waals surface area (Å²) in [7, 11) is -2.17. The molecular formula is C16H20N2O5S. The molecule has 1 amide bonds. The molecule has 0 saturated carbocycles. The van der Waals surface area contributed by atoms with E-state index in [0.717, 1.165) is 5.41 Å². The Morgan fingerprint density at radius 3 is 2.79 bits per heavy atom. The molecule has 1 fully saturated rings. The zero-order chi connectivity index (χ0) is 17.7. The summed E-state index contributed by atoms with van der Waals surface area (Å²) in [6.45, 7) is 4.50. The molecule has 130 valence electrons. The quantitative estimate of drug-likeness (QED) is 0.771. The van der Waals surface area contributed by atoms with Crippen molar-refractivity contribution >= 4 is 21.9 Å². The Morgan fingerprint density at radius 1 is 1.42 bits per heavy atom. The van der Waals surface area contributed by atoms with Gasteiger partial charge in [-0.15, -0.1) is 0 Å². The van der Waals surface area contributed by atoms with Crippen molar-refractivity contribution < 1.29 is 22.7 Å². The van der Waals surface area contributed by atoms with Crippen LogP contribution in [0, 0.1) is 5.92 Å². The maximum absolute atomic E-state index is 12.5. The summed E-state index contributed by atoms with van der Waals surface area (Å²) in [6.07, 6.45) is 0.710. The number of nitrogens with zero attached hydrogens (tertiary/aromatic N) is 1. The van der Waals surface area contributed by atoms with Gasteiger partial charge in [0.2, 0.25) is 10.0 Å². The number of methoxy groups -OCH3 is 1. The molecule has 1 aromatic carbocycles. The molecule has 0 radical (unpaired) electrons. The van der Waals surface area contributed by atoms with Crippen LogP contribution in [-0.2, 0) is 14.8 Å². The Bertz CT molecular complexity index is 745. The lowest BCUT2D eigenvalue weighted by Gasteiger charge is -2.17. The number of hydrogen-bond acceptors (Lipinski definition) is 5. The summed E-state index contributed by atoms with van der Waals surface area (Å²) in [5.41, 5.74) is 0.725. The van der Waals surface area contributed by atoms with Gasteiger partial charge in [-0.25, -0.2) is 17.9 Å². The number of ether oxygens (including phenoxy) is 1. The van der Waals surface area contributed by atoms with E-state index in [9.17, 15) is 18.0 Å². The van der Waals surface area contributed by atoms with Gasteiger partial charge >= 0.3 is 5.97 Å². The van der Waals surface area contributed by atoms with E-state index in [-0.39, 0.29) is 18.4 Å². The van der Waals surface area contributed by atoms with Crippen LogP contribution < -0.4 is 4.72 Å². The van der Waals surface area contributed by atoms with Gasteiger partial charge in [0.25, 0.3) is 5.91 Å². The van der Waals surface area contributed by atoms with Crippen molar-refractivity contribution in [3.8, 4) is 0 Å². The minimum atomic E-state index is -3.46. The second-order valence-electron chi connectivity index (χ2n) is 5.54. The van der Waals surface area contributed by atoms with E-state index >= 15 is 0 Å². The van der Waals surface area contributed by atoms with E-state index < -0.39 is 16.0 Å². The monoisotopic (exact) mass is 352 g/mol. The first-order valence-electron chi connectivity index (χ1n) is 7.46. The van der Waals surface area contributed by atoms with Crippen LogP contribution in [0.25, 0.3) is 0 Å². The average molecular weight is 352 g/mol. The second-order valence-corrected chi connectivity index (χ2v) is 7.25. The van der Waals surface area contributed by atoms with E-state index in [1.165, 1.54) is 13.2 Å². The number of likely N-dealkylation sites (tertiary alicyclic amines) is 1. The topological polar surface area (TPSA) is 92.8 Å². The molecule has 24 heavy (non-hydrogen) atoms. The van der Waals surface area contributed by atoms with Gasteiger partial charge in [0, 0.05) is 30.6 Å². The lowest BCUT2D eigenvalue weighted by Crippen LogP contribution is -2.32. The van der Waals surface area contributed by atoms with E-state index in [2.05, 4.69) is 16.0 Å². The first-order chi connectivity index (χ1) is 11.4. The highest BCUT2D eigenvalue weighted by Crippen LogP contribution is 2.19. The Kier molecular flexibility index (Phi) is 5.74. The van der Waals surface area contributed by atoms with Crippen molar-refractivity contribution in [3.05, 3.63) is 47.4 Å². The van der Waals surface area contributed by atoms with Crippen LogP contribution in [0.15, 0.2) is 36.3 Å². The zero-order valence-electron chi connectivity index (χ0n) is 13.4. The third kappa shape index (κ3) is 4.42. The fourth-order valence-corrected chi connectivity index (χ4v) is 3.14. The van der Waals surface area contributed by atoms with Crippen molar-refractivity contribution in [2.24, 2.45) is 5.92 Å². The standard InChI is InChI=1S/C16H20N2O5S/c1-3-24(21,22)17-10-12-7-8-18(11-12)15(19)13-5-4-6-14(9-13)16(20)23-2/h3-6,9,12,17H,1,7-8,10-11H2,2H3. The molecule has 2 rings (SSSR count). The molecule has 1 aliphatic heterocycles. The number of amides is 1. The lowest BCUT2D eigenvalue weighted by molar-refractivity contribution is 0.0600. The fraction of sp³-hybridized carbons (Fsp3) is 0.375. The molecule has 1 heterocycles. The minimum Gasteiger partial charge on any atom is -0.465 e. The predicted molar refractivity (Wildman–Crippen MR) is 88.9 cm³/mol. The Morgan fingerprint density at radius 2 is 2.12 bits per heavy atom. The van der Waals surface area contributed by atoms with Crippen LogP contribution >= 0.6 is 0 Å². The maximum atomic E-state index is 12.5. The molecule has 7 nitrogen and oxygen atoms in total. The molecule has 1 unspecified atom stereocenters. The van der Waals surface area contributed by atoms with Gasteiger partial charge in [0.15, 0.2) is 0 Å². The van der Waals surface area contributed by atoms with E-state index in [1.54, 1.807) is 23.1 Å². The summed E-state index contributed by atoms with van der Waals surface area (Å²) in [6, 6.07) is 6.36. The zero-order valence-corrected chi connectivity index (χ0v) is 14.2.